The number of aliphatic hydroxyl groups is 1. The molecule has 1 aromatic carbocycles. The van der Waals surface area contributed by atoms with Crippen LogP contribution in [0.3, 0.4) is 0 Å². The maximum absolute atomic E-state index is 10.3. The number of hydrogen-bond acceptors (Lipinski definition) is 4. The Morgan fingerprint density at radius 1 is 1.35 bits per heavy atom. The molecule has 3 unspecified atom stereocenters. The van der Waals surface area contributed by atoms with E-state index in [1.807, 2.05) is 12.2 Å². The molecule has 23 heavy (non-hydrogen) atoms. The quantitative estimate of drug-likeness (QED) is 0.748. The highest BCUT2D eigenvalue weighted by molar-refractivity contribution is 6.34. The Bertz CT molecular complexity index is 578. The zero-order valence-electron chi connectivity index (χ0n) is 13.1. The van der Waals surface area contributed by atoms with Gasteiger partial charge in [-0.3, -0.25) is 4.99 Å². The third-order valence-electron chi connectivity index (χ3n) is 3.84. The Kier molecular flexibility index (Phi) is 6.48. The van der Waals surface area contributed by atoms with E-state index in [0.717, 1.165) is 6.42 Å². The summed E-state index contributed by atoms with van der Waals surface area (Å²) in [6.07, 6.45) is 6.30. The van der Waals surface area contributed by atoms with Crippen molar-refractivity contribution in [3.05, 3.63) is 40.4 Å². The number of ether oxygens (including phenoxy) is 1. The lowest BCUT2D eigenvalue weighted by molar-refractivity contribution is 0.0827. The third kappa shape index (κ3) is 5.21. The summed E-state index contributed by atoms with van der Waals surface area (Å²) in [6, 6.07) is 4.99. The predicted octanol–water partition coefficient (Wildman–Crippen LogP) is 3.49. The monoisotopic (exact) mass is 356 g/mol. The average molecular weight is 357 g/mol. The minimum atomic E-state index is -0.671. The molecule has 0 saturated heterocycles. The standard InChI is InChI=1S/C17H22Cl2N2O2/c1-12(10-20)8-17(5-2-6-21-17)9-14(22)11-23-16-7-13(18)3-4-15(16)19/h2-7,12,14,22H,8-11,20H2,1H3. The first-order valence-corrected chi connectivity index (χ1v) is 8.39. The molecule has 3 N–H and O–H groups in total. The number of aliphatic imine (C=N–C) groups is 1. The van der Waals surface area contributed by atoms with Gasteiger partial charge in [0.2, 0.25) is 0 Å². The molecule has 4 nitrogen and oxygen atoms in total. The van der Waals surface area contributed by atoms with Crippen molar-refractivity contribution >= 4 is 29.4 Å². The van der Waals surface area contributed by atoms with E-state index in [1.165, 1.54) is 0 Å². The molecule has 1 aromatic rings. The SMILES string of the molecule is CC(CN)CC1(CC(O)COc2cc(Cl)ccc2Cl)C=CC=N1. The Hall–Kier alpha value is -1.07. The number of nitrogens with zero attached hydrogens (tertiary/aromatic N) is 1. The lowest BCUT2D eigenvalue weighted by Gasteiger charge is -2.29. The van der Waals surface area contributed by atoms with E-state index in [-0.39, 0.29) is 6.61 Å². The number of rotatable bonds is 8. The second-order valence-corrected chi connectivity index (χ2v) is 6.87. The maximum atomic E-state index is 10.3. The van der Waals surface area contributed by atoms with Crippen molar-refractivity contribution < 1.29 is 9.84 Å². The number of hydrogen-bond donors (Lipinski definition) is 2. The molecule has 126 valence electrons. The predicted molar refractivity (Wildman–Crippen MR) is 95.8 cm³/mol. The highest BCUT2D eigenvalue weighted by atomic mass is 35.5. The molecule has 0 aliphatic carbocycles. The van der Waals surface area contributed by atoms with Crippen LogP contribution < -0.4 is 10.5 Å². The van der Waals surface area contributed by atoms with Gasteiger partial charge in [0.15, 0.2) is 0 Å². The average Bonchev–Trinajstić information content (AvgIpc) is 2.96. The van der Waals surface area contributed by atoms with Crippen molar-refractivity contribution in [2.24, 2.45) is 16.6 Å². The summed E-state index contributed by atoms with van der Waals surface area (Å²) in [5.74, 6) is 0.790. The van der Waals surface area contributed by atoms with Crippen LogP contribution in [0.1, 0.15) is 19.8 Å². The van der Waals surface area contributed by atoms with Gasteiger partial charge in [0.1, 0.15) is 12.4 Å². The maximum Gasteiger partial charge on any atom is 0.139 e. The molecule has 1 aliphatic heterocycles. The Labute approximate surface area is 146 Å². The normalized spacial score (nSPS) is 22.3. The molecule has 6 heteroatoms. The van der Waals surface area contributed by atoms with Gasteiger partial charge >= 0.3 is 0 Å². The lowest BCUT2D eigenvalue weighted by atomic mass is 9.84. The van der Waals surface area contributed by atoms with Crippen molar-refractivity contribution in [3.63, 3.8) is 0 Å². The van der Waals surface area contributed by atoms with Crippen LogP contribution in [0.25, 0.3) is 0 Å². The van der Waals surface area contributed by atoms with Crippen molar-refractivity contribution in [1.82, 2.24) is 0 Å². The first-order valence-electron chi connectivity index (χ1n) is 7.63. The minimum Gasteiger partial charge on any atom is -0.489 e. The van der Waals surface area contributed by atoms with Gasteiger partial charge < -0.3 is 15.6 Å². The molecular formula is C17H22Cl2N2O2. The molecule has 0 bridgehead atoms. The van der Waals surface area contributed by atoms with E-state index in [0.29, 0.717) is 34.7 Å². The molecule has 0 saturated carbocycles. The van der Waals surface area contributed by atoms with Crippen molar-refractivity contribution in [1.29, 1.82) is 0 Å². The van der Waals surface area contributed by atoms with Gasteiger partial charge in [-0.15, -0.1) is 0 Å². The number of benzene rings is 1. The minimum absolute atomic E-state index is 0.127. The summed E-state index contributed by atoms with van der Waals surface area (Å²) in [5, 5.41) is 11.3. The summed E-state index contributed by atoms with van der Waals surface area (Å²) in [4.78, 5) is 4.53. The fraction of sp³-hybridized carbons (Fsp3) is 0.471. The van der Waals surface area contributed by atoms with Crippen LogP contribution in [-0.4, -0.2) is 36.1 Å². The molecule has 1 heterocycles. The highest BCUT2D eigenvalue weighted by Crippen LogP contribution is 2.32. The van der Waals surface area contributed by atoms with E-state index in [4.69, 9.17) is 33.7 Å². The van der Waals surface area contributed by atoms with E-state index in [1.54, 1.807) is 24.4 Å². The van der Waals surface area contributed by atoms with Crippen LogP contribution in [0.15, 0.2) is 35.3 Å². The van der Waals surface area contributed by atoms with Crippen LogP contribution in [0.2, 0.25) is 10.0 Å². The fourth-order valence-electron chi connectivity index (χ4n) is 2.71. The topological polar surface area (TPSA) is 67.8 Å². The summed E-state index contributed by atoms with van der Waals surface area (Å²) in [5.41, 5.74) is 5.31. The molecule has 0 amide bonds. The van der Waals surface area contributed by atoms with Crippen molar-refractivity contribution in [2.75, 3.05) is 13.2 Å². The summed E-state index contributed by atoms with van der Waals surface area (Å²) >= 11 is 12.0. The molecule has 2 rings (SSSR count). The van der Waals surface area contributed by atoms with E-state index < -0.39 is 11.6 Å². The zero-order valence-corrected chi connectivity index (χ0v) is 14.6. The van der Waals surface area contributed by atoms with Gasteiger partial charge in [0.05, 0.1) is 16.7 Å². The molecule has 1 aliphatic rings. The van der Waals surface area contributed by atoms with Gasteiger partial charge in [-0.2, -0.15) is 0 Å². The molecule has 0 fully saturated rings. The van der Waals surface area contributed by atoms with Crippen LogP contribution in [0.4, 0.5) is 0 Å². The van der Waals surface area contributed by atoms with Crippen molar-refractivity contribution in [3.8, 4) is 5.75 Å². The Morgan fingerprint density at radius 2 is 2.13 bits per heavy atom. The van der Waals surface area contributed by atoms with Gasteiger partial charge in [-0.25, -0.2) is 0 Å². The Balaban J connectivity index is 1.95. The van der Waals surface area contributed by atoms with E-state index >= 15 is 0 Å². The third-order valence-corrected chi connectivity index (χ3v) is 4.39. The smallest absolute Gasteiger partial charge is 0.139 e. The van der Waals surface area contributed by atoms with Crippen LogP contribution >= 0.6 is 23.2 Å². The number of nitrogens with two attached hydrogens (primary N) is 1. The molecule has 3 atom stereocenters. The molecule has 0 aromatic heterocycles. The number of allylic oxidation sites excluding steroid dienone is 1. The summed E-state index contributed by atoms with van der Waals surface area (Å²) in [7, 11) is 0. The number of halogens is 2. The van der Waals surface area contributed by atoms with Gasteiger partial charge in [-0.1, -0.05) is 36.2 Å². The largest absolute Gasteiger partial charge is 0.489 e. The van der Waals surface area contributed by atoms with Gasteiger partial charge in [-0.05, 0) is 37.1 Å². The Morgan fingerprint density at radius 3 is 2.78 bits per heavy atom. The summed E-state index contributed by atoms with van der Waals surface area (Å²) < 4.78 is 5.60. The first-order chi connectivity index (χ1) is 10.9. The second kappa shape index (κ2) is 8.15. The van der Waals surface area contributed by atoms with E-state index in [9.17, 15) is 5.11 Å². The van der Waals surface area contributed by atoms with Gasteiger partial charge in [0, 0.05) is 23.7 Å². The number of aliphatic hydroxyl groups excluding tert-OH is 1. The van der Waals surface area contributed by atoms with E-state index in [2.05, 4.69) is 11.9 Å². The first kappa shape index (κ1) is 18.3. The molecular weight excluding hydrogens is 335 g/mol. The summed E-state index contributed by atoms with van der Waals surface area (Å²) in [6.45, 7) is 2.80. The molecule has 0 spiro atoms. The lowest BCUT2D eigenvalue weighted by Crippen LogP contribution is -2.34. The van der Waals surface area contributed by atoms with Crippen LogP contribution in [0.5, 0.6) is 5.75 Å². The van der Waals surface area contributed by atoms with Gasteiger partial charge in [0.25, 0.3) is 0 Å². The zero-order chi connectivity index (χ0) is 16.9. The molecule has 0 radical (unpaired) electrons. The fourth-order valence-corrected chi connectivity index (χ4v) is 3.04. The second-order valence-electron chi connectivity index (χ2n) is 6.03. The van der Waals surface area contributed by atoms with Crippen LogP contribution in [-0.2, 0) is 0 Å². The highest BCUT2D eigenvalue weighted by Gasteiger charge is 2.32. The van der Waals surface area contributed by atoms with Crippen molar-refractivity contribution in [2.45, 2.75) is 31.4 Å². The van der Waals surface area contributed by atoms with Crippen LogP contribution in [0, 0.1) is 5.92 Å².